The summed E-state index contributed by atoms with van der Waals surface area (Å²) in [5.41, 5.74) is 6.54. The molecule has 0 fully saturated rings. The third-order valence-electron chi connectivity index (χ3n) is 3.92. The van der Waals surface area contributed by atoms with Crippen molar-refractivity contribution in [2.45, 2.75) is 13.8 Å². The third kappa shape index (κ3) is 3.50. The van der Waals surface area contributed by atoms with E-state index in [4.69, 9.17) is 0 Å². The molecule has 0 bridgehead atoms. The van der Waals surface area contributed by atoms with E-state index < -0.39 is 4.92 Å². The van der Waals surface area contributed by atoms with Crippen LogP contribution in [-0.2, 0) is 0 Å². The number of hydrazone groups is 1. The van der Waals surface area contributed by atoms with Gasteiger partial charge in [-0.25, -0.2) is 4.98 Å². The number of para-hydroxylation sites is 1. The molecule has 1 aromatic carbocycles. The molecule has 1 N–H and O–H groups in total. The van der Waals surface area contributed by atoms with Crippen LogP contribution >= 0.6 is 15.9 Å². The maximum Gasteiger partial charge on any atom is 0.313 e. The Morgan fingerprint density at radius 2 is 2.04 bits per heavy atom. The first-order valence-corrected chi connectivity index (χ1v) is 8.60. The highest BCUT2D eigenvalue weighted by Gasteiger charge is 2.14. The van der Waals surface area contributed by atoms with Gasteiger partial charge in [0, 0.05) is 33.7 Å². The summed E-state index contributed by atoms with van der Waals surface area (Å²) in [7, 11) is 0. The Bertz CT molecular complexity index is 997. The molecule has 2 heterocycles. The summed E-state index contributed by atoms with van der Waals surface area (Å²) in [5, 5.41) is 15.1. The molecule has 0 aliphatic carbocycles. The average molecular weight is 414 g/mol. The van der Waals surface area contributed by atoms with Crippen molar-refractivity contribution in [1.29, 1.82) is 0 Å². The average Bonchev–Trinajstić information content (AvgIpc) is 2.90. The zero-order chi connectivity index (χ0) is 18.7. The highest BCUT2D eigenvalue weighted by atomic mass is 79.9. The van der Waals surface area contributed by atoms with Crippen LogP contribution in [0.1, 0.15) is 17.0 Å². The van der Waals surface area contributed by atoms with Crippen LogP contribution in [0.4, 0.5) is 11.5 Å². The van der Waals surface area contributed by atoms with Gasteiger partial charge < -0.3 is 4.57 Å². The van der Waals surface area contributed by atoms with Gasteiger partial charge in [0.2, 0.25) is 5.82 Å². The van der Waals surface area contributed by atoms with Gasteiger partial charge in [0.05, 0.1) is 16.8 Å². The monoisotopic (exact) mass is 413 g/mol. The second kappa shape index (κ2) is 7.49. The van der Waals surface area contributed by atoms with Crippen LogP contribution in [0.3, 0.4) is 0 Å². The number of nitrogens with one attached hydrogen (secondary N) is 1. The summed E-state index contributed by atoms with van der Waals surface area (Å²) in [6.07, 6.45) is 3.11. The smallest absolute Gasteiger partial charge is 0.313 e. The lowest BCUT2D eigenvalue weighted by Gasteiger charge is -2.11. The summed E-state index contributed by atoms with van der Waals surface area (Å²) < 4.78 is 3.11. The van der Waals surface area contributed by atoms with E-state index in [1.165, 1.54) is 18.3 Å². The van der Waals surface area contributed by atoms with Crippen molar-refractivity contribution in [2.24, 2.45) is 5.10 Å². The van der Waals surface area contributed by atoms with E-state index in [0.717, 1.165) is 27.1 Å². The molecule has 3 rings (SSSR count). The largest absolute Gasteiger partial charge is 0.317 e. The molecule has 0 aliphatic heterocycles. The van der Waals surface area contributed by atoms with E-state index in [-0.39, 0.29) is 11.5 Å². The molecule has 0 saturated heterocycles. The second-order valence-corrected chi connectivity index (χ2v) is 6.47. The summed E-state index contributed by atoms with van der Waals surface area (Å²) in [6, 6.07) is 12.9. The van der Waals surface area contributed by atoms with Crippen molar-refractivity contribution in [2.75, 3.05) is 5.43 Å². The molecule has 26 heavy (non-hydrogen) atoms. The molecule has 0 atom stereocenters. The predicted octanol–water partition coefficient (Wildman–Crippen LogP) is 4.61. The SMILES string of the molecule is Cc1cc(/C=N\Nc2ncccc2[N+](=O)[O-])c(C)n1-c1ccccc1Br. The zero-order valence-electron chi connectivity index (χ0n) is 14.2. The van der Waals surface area contributed by atoms with Gasteiger partial charge in [-0.15, -0.1) is 0 Å². The Labute approximate surface area is 158 Å². The number of nitro groups is 1. The first-order chi connectivity index (χ1) is 12.5. The quantitative estimate of drug-likeness (QED) is 0.376. The Kier molecular flexibility index (Phi) is 5.13. The number of hydrogen-bond acceptors (Lipinski definition) is 5. The van der Waals surface area contributed by atoms with Crippen molar-refractivity contribution < 1.29 is 4.92 Å². The maximum atomic E-state index is 11.0. The fourth-order valence-corrected chi connectivity index (χ4v) is 3.18. The minimum absolute atomic E-state index is 0.105. The minimum Gasteiger partial charge on any atom is -0.317 e. The molecule has 2 aromatic heterocycles. The molecule has 3 aromatic rings. The molecule has 0 amide bonds. The topological polar surface area (TPSA) is 85.3 Å². The number of halogens is 1. The lowest BCUT2D eigenvalue weighted by molar-refractivity contribution is -0.384. The number of rotatable bonds is 5. The fourth-order valence-electron chi connectivity index (χ4n) is 2.72. The highest BCUT2D eigenvalue weighted by Crippen LogP contribution is 2.26. The molecule has 0 saturated carbocycles. The van der Waals surface area contributed by atoms with Gasteiger partial charge >= 0.3 is 5.69 Å². The van der Waals surface area contributed by atoms with E-state index >= 15 is 0 Å². The summed E-state index contributed by atoms with van der Waals surface area (Å²) in [4.78, 5) is 14.5. The van der Waals surface area contributed by atoms with Crippen LogP contribution in [0.15, 0.2) is 58.2 Å². The summed E-state index contributed by atoms with van der Waals surface area (Å²) in [6.45, 7) is 4.01. The fraction of sp³-hybridized carbons (Fsp3) is 0.111. The van der Waals surface area contributed by atoms with Crippen molar-refractivity contribution in [3.8, 4) is 5.69 Å². The van der Waals surface area contributed by atoms with Gasteiger partial charge in [0.1, 0.15) is 0 Å². The van der Waals surface area contributed by atoms with E-state index in [1.807, 2.05) is 44.2 Å². The number of hydrogen-bond donors (Lipinski definition) is 1. The third-order valence-corrected chi connectivity index (χ3v) is 4.59. The first-order valence-electron chi connectivity index (χ1n) is 7.81. The van der Waals surface area contributed by atoms with Gasteiger partial charge in [-0.05, 0) is 54.0 Å². The van der Waals surface area contributed by atoms with Gasteiger partial charge in [-0.3, -0.25) is 15.5 Å². The van der Waals surface area contributed by atoms with Crippen LogP contribution in [0.2, 0.25) is 0 Å². The number of aromatic nitrogens is 2. The molecule has 0 aliphatic rings. The lowest BCUT2D eigenvalue weighted by Crippen LogP contribution is -2.01. The molecule has 0 spiro atoms. The minimum atomic E-state index is -0.496. The number of anilines is 1. The van der Waals surface area contributed by atoms with Gasteiger partial charge in [0.15, 0.2) is 0 Å². The van der Waals surface area contributed by atoms with Crippen LogP contribution in [0.25, 0.3) is 5.69 Å². The molecule has 132 valence electrons. The van der Waals surface area contributed by atoms with E-state index in [1.54, 1.807) is 6.21 Å². The molecule has 7 nitrogen and oxygen atoms in total. The van der Waals surface area contributed by atoms with Crippen molar-refractivity contribution >= 4 is 33.6 Å². The predicted molar refractivity (Wildman–Crippen MR) is 105 cm³/mol. The van der Waals surface area contributed by atoms with E-state index in [9.17, 15) is 10.1 Å². The standard InChI is InChI=1S/C18H16BrN5O2/c1-12-10-14(13(2)23(12)16-7-4-3-6-15(16)19)11-21-22-18-17(24(25)26)8-5-9-20-18/h3-11H,1-2H3,(H,20,22)/b21-11-. The van der Waals surface area contributed by atoms with E-state index in [0.29, 0.717) is 0 Å². The van der Waals surface area contributed by atoms with Crippen LogP contribution in [0.5, 0.6) is 0 Å². The lowest BCUT2D eigenvalue weighted by atomic mass is 10.2. The van der Waals surface area contributed by atoms with Crippen molar-refractivity contribution in [1.82, 2.24) is 9.55 Å². The zero-order valence-corrected chi connectivity index (χ0v) is 15.8. The van der Waals surface area contributed by atoms with Gasteiger partial charge in [-0.2, -0.15) is 5.10 Å². The number of benzene rings is 1. The second-order valence-electron chi connectivity index (χ2n) is 5.61. The highest BCUT2D eigenvalue weighted by molar-refractivity contribution is 9.10. The first kappa shape index (κ1) is 17.8. The molecule has 0 unspecified atom stereocenters. The van der Waals surface area contributed by atoms with Crippen molar-refractivity contribution in [3.63, 3.8) is 0 Å². The summed E-state index contributed by atoms with van der Waals surface area (Å²) >= 11 is 3.58. The van der Waals surface area contributed by atoms with Crippen LogP contribution in [0, 0.1) is 24.0 Å². The molecular weight excluding hydrogens is 398 g/mol. The van der Waals surface area contributed by atoms with Crippen LogP contribution < -0.4 is 5.43 Å². The molecule has 8 heteroatoms. The van der Waals surface area contributed by atoms with E-state index in [2.05, 4.69) is 36.0 Å². The molecular formula is C18H16BrN5O2. The van der Waals surface area contributed by atoms with Gasteiger partial charge in [0.25, 0.3) is 0 Å². The summed E-state index contributed by atoms with van der Waals surface area (Å²) in [5.74, 6) is 0.105. The number of pyridine rings is 1. The molecule has 0 radical (unpaired) electrons. The van der Waals surface area contributed by atoms with Crippen LogP contribution in [-0.4, -0.2) is 20.7 Å². The van der Waals surface area contributed by atoms with Gasteiger partial charge in [-0.1, -0.05) is 12.1 Å². The Morgan fingerprint density at radius 1 is 1.27 bits per heavy atom. The van der Waals surface area contributed by atoms with Crippen molar-refractivity contribution in [3.05, 3.63) is 80.2 Å². The Balaban J connectivity index is 1.88. The Hall–Kier alpha value is -3.00. The normalized spacial score (nSPS) is 11.0. The number of nitrogens with zero attached hydrogens (tertiary/aromatic N) is 4. The number of aryl methyl sites for hydroxylation is 1. The maximum absolute atomic E-state index is 11.0. The Morgan fingerprint density at radius 3 is 2.77 bits per heavy atom.